The molecule has 1 aromatic heterocycles. The third-order valence-electron chi connectivity index (χ3n) is 3.68. The number of hydrogen-bond acceptors (Lipinski definition) is 3. The number of hydrogen-bond donors (Lipinski definition) is 0. The molecule has 1 fully saturated rings. The van der Waals surface area contributed by atoms with Crippen LogP contribution in [-0.2, 0) is 9.59 Å². The molecule has 1 aromatic rings. The summed E-state index contributed by atoms with van der Waals surface area (Å²) in [4.78, 5) is 29.9. The zero-order valence-electron chi connectivity index (χ0n) is 10.6. The fourth-order valence-electron chi connectivity index (χ4n) is 2.04. The molecular weight excluding hydrogens is 296 g/mol. The van der Waals surface area contributed by atoms with Gasteiger partial charge in [-0.1, -0.05) is 13.8 Å². The Balaban J connectivity index is 2.46. The van der Waals surface area contributed by atoms with Crippen molar-refractivity contribution in [2.45, 2.75) is 27.2 Å². The molecule has 1 unspecified atom stereocenters. The molecule has 0 saturated carbocycles. The molecule has 0 spiro atoms. The number of anilines is 1. The molecule has 96 valence electrons. The highest BCUT2D eigenvalue weighted by Crippen LogP contribution is 2.42. The number of imide groups is 1. The Morgan fingerprint density at radius 1 is 1.44 bits per heavy atom. The summed E-state index contributed by atoms with van der Waals surface area (Å²) >= 11 is 3.33. The number of rotatable bonds is 2. The Bertz CT molecular complexity index is 515. The van der Waals surface area contributed by atoms with Crippen LogP contribution in [0.25, 0.3) is 0 Å². The standard InChI is InChI=1S/C13H15BrN2O2/c1-8(2)13(3)7-10(17)16(12(13)18)11-9(14)5-4-6-15-11/h4-6,8H,7H2,1-3H3. The molecule has 2 heterocycles. The van der Waals surface area contributed by atoms with Crippen LogP contribution in [0, 0.1) is 11.3 Å². The molecule has 1 saturated heterocycles. The lowest BCUT2D eigenvalue weighted by atomic mass is 9.78. The Morgan fingerprint density at radius 3 is 2.61 bits per heavy atom. The monoisotopic (exact) mass is 310 g/mol. The van der Waals surface area contributed by atoms with E-state index in [0.29, 0.717) is 10.3 Å². The minimum atomic E-state index is -0.631. The molecule has 0 bridgehead atoms. The maximum absolute atomic E-state index is 12.5. The molecule has 2 rings (SSSR count). The van der Waals surface area contributed by atoms with Crippen molar-refractivity contribution < 1.29 is 9.59 Å². The highest BCUT2D eigenvalue weighted by molar-refractivity contribution is 9.10. The second kappa shape index (κ2) is 4.46. The lowest BCUT2D eigenvalue weighted by Gasteiger charge is -2.25. The minimum Gasteiger partial charge on any atom is -0.274 e. The number of amides is 2. The second-order valence-electron chi connectivity index (χ2n) is 5.09. The molecule has 0 aliphatic carbocycles. The first kappa shape index (κ1) is 13.2. The lowest BCUT2D eigenvalue weighted by Crippen LogP contribution is -2.37. The van der Waals surface area contributed by atoms with Gasteiger partial charge in [0.05, 0.1) is 9.89 Å². The van der Waals surface area contributed by atoms with Crippen LogP contribution in [0.4, 0.5) is 5.82 Å². The molecule has 4 nitrogen and oxygen atoms in total. The summed E-state index contributed by atoms with van der Waals surface area (Å²) in [5.41, 5.74) is -0.631. The fraction of sp³-hybridized carbons (Fsp3) is 0.462. The number of pyridine rings is 1. The van der Waals surface area contributed by atoms with Gasteiger partial charge in [0.2, 0.25) is 11.8 Å². The number of carbonyl (C=O) groups is 2. The van der Waals surface area contributed by atoms with Gasteiger partial charge in [0.25, 0.3) is 0 Å². The average Bonchev–Trinajstić information content (AvgIpc) is 2.53. The van der Waals surface area contributed by atoms with Gasteiger partial charge in [0.15, 0.2) is 5.82 Å². The number of halogens is 1. The van der Waals surface area contributed by atoms with E-state index < -0.39 is 5.41 Å². The molecule has 0 radical (unpaired) electrons. The predicted octanol–water partition coefficient (Wildman–Crippen LogP) is 2.77. The van der Waals surface area contributed by atoms with Crippen molar-refractivity contribution in [2.75, 3.05) is 4.90 Å². The summed E-state index contributed by atoms with van der Waals surface area (Å²) in [6, 6.07) is 3.52. The van der Waals surface area contributed by atoms with Gasteiger partial charge in [-0.25, -0.2) is 9.88 Å². The summed E-state index contributed by atoms with van der Waals surface area (Å²) in [6.45, 7) is 5.76. The van der Waals surface area contributed by atoms with Crippen molar-refractivity contribution in [3.05, 3.63) is 22.8 Å². The van der Waals surface area contributed by atoms with E-state index in [1.54, 1.807) is 18.3 Å². The van der Waals surface area contributed by atoms with Gasteiger partial charge in [-0.2, -0.15) is 0 Å². The van der Waals surface area contributed by atoms with Crippen LogP contribution < -0.4 is 4.90 Å². The van der Waals surface area contributed by atoms with Crippen molar-refractivity contribution >= 4 is 33.6 Å². The molecule has 18 heavy (non-hydrogen) atoms. The zero-order chi connectivity index (χ0) is 13.5. The third kappa shape index (κ3) is 1.86. The molecule has 1 aliphatic rings. The number of carbonyl (C=O) groups excluding carboxylic acids is 2. The van der Waals surface area contributed by atoms with Crippen molar-refractivity contribution in [3.8, 4) is 0 Å². The SMILES string of the molecule is CC(C)C1(C)CC(=O)N(c2ncccc2Br)C1=O. The topological polar surface area (TPSA) is 50.3 Å². The predicted molar refractivity (Wildman–Crippen MR) is 72.0 cm³/mol. The Hall–Kier alpha value is -1.23. The normalized spacial score (nSPS) is 24.2. The zero-order valence-corrected chi connectivity index (χ0v) is 12.2. The summed E-state index contributed by atoms with van der Waals surface area (Å²) < 4.78 is 0.653. The van der Waals surface area contributed by atoms with E-state index in [0.717, 1.165) is 0 Å². The quantitative estimate of drug-likeness (QED) is 0.789. The maximum Gasteiger partial charge on any atom is 0.241 e. The van der Waals surface area contributed by atoms with Crippen molar-refractivity contribution in [2.24, 2.45) is 11.3 Å². The van der Waals surface area contributed by atoms with Crippen LogP contribution in [0.5, 0.6) is 0 Å². The smallest absolute Gasteiger partial charge is 0.241 e. The molecule has 1 atom stereocenters. The van der Waals surface area contributed by atoms with Gasteiger partial charge in [-0.3, -0.25) is 9.59 Å². The Morgan fingerprint density at radius 2 is 2.11 bits per heavy atom. The van der Waals surface area contributed by atoms with Gasteiger partial charge < -0.3 is 0 Å². The van der Waals surface area contributed by atoms with Gasteiger partial charge in [-0.05, 0) is 40.9 Å². The van der Waals surface area contributed by atoms with E-state index >= 15 is 0 Å². The Kier molecular flexibility index (Phi) is 3.27. The molecule has 1 aliphatic heterocycles. The highest BCUT2D eigenvalue weighted by atomic mass is 79.9. The molecular formula is C13H15BrN2O2. The second-order valence-corrected chi connectivity index (χ2v) is 5.95. The van der Waals surface area contributed by atoms with Gasteiger partial charge in [0.1, 0.15) is 0 Å². The van der Waals surface area contributed by atoms with Crippen molar-refractivity contribution in [1.82, 2.24) is 4.98 Å². The first-order chi connectivity index (χ1) is 8.38. The molecule has 2 amide bonds. The lowest BCUT2D eigenvalue weighted by molar-refractivity contribution is -0.126. The first-order valence-corrected chi connectivity index (χ1v) is 6.65. The van der Waals surface area contributed by atoms with E-state index in [2.05, 4.69) is 20.9 Å². The minimum absolute atomic E-state index is 0.112. The largest absolute Gasteiger partial charge is 0.274 e. The van der Waals surface area contributed by atoms with Crippen LogP contribution >= 0.6 is 15.9 Å². The van der Waals surface area contributed by atoms with E-state index in [4.69, 9.17) is 0 Å². The van der Waals surface area contributed by atoms with E-state index in [-0.39, 0.29) is 24.2 Å². The van der Waals surface area contributed by atoms with Crippen molar-refractivity contribution in [3.63, 3.8) is 0 Å². The average molecular weight is 311 g/mol. The molecule has 0 aromatic carbocycles. The van der Waals surface area contributed by atoms with Gasteiger partial charge >= 0.3 is 0 Å². The third-order valence-corrected chi connectivity index (χ3v) is 4.30. The van der Waals surface area contributed by atoms with E-state index in [1.807, 2.05) is 20.8 Å². The summed E-state index contributed by atoms with van der Waals surface area (Å²) in [6.07, 6.45) is 1.82. The summed E-state index contributed by atoms with van der Waals surface area (Å²) in [5.74, 6) is 0.149. The molecule has 0 N–H and O–H groups in total. The molecule has 5 heteroatoms. The van der Waals surface area contributed by atoms with Crippen LogP contribution in [0.2, 0.25) is 0 Å². The van der Waals surface area contributed by atoms with Gasteiger partial charge in [0, 0.05) is 12.6 Å². The fourth-order valence-corrected chi connectivity index (χ4v) is 2.48. The number of aromatic nitrogens is 1. The van der Waals surface area contributed by atoms with Crippen molar-refractivity contribution in [1.29, 1.82) is 0 Å². The summed E-state index contributed by atoms with van der Waals surface area (Å²) in [7, 11) is 0. The highest BCUT2D eigenvalue weighted by Gasteiger charge is 2.51. The number of nitrogens with zero attached hydrogens (tertiary/aromatic N) is 2. The van der Waals surface area contributed by atoms with E-state index in [1.165, 1.54) is 4.90 Å². The van der Waals surface area contributed by atoms with Crippen LogP contribution in [0.1, 0.15) is 27.2 Å². The van der Waals surface area contributed by atoms with Crippen LogP contribution in [-0.4, -0.2) is 16.8 Å². The summed E-state index contributed by atoms with van der Waals surface area (Å²) in [5, 5.41) is 0. The maximum atomic E-state index is 12.5. The van der Waals surface area contributed by atoms with Crippen LogP contribution in [0.15, 0.2) is 22.8 Å². The Labute approximate surface area is 115 Å². The first-order valence-electron chi connectivity index (χ1n) is 5.86. The van der Waals surface area contributed by atoms with E-state index in [9.17, 15) is 9.59 Å². The van der Waals surface area contributed by atoms with Gasteiger partial charge in [-0.15, -0.1) is 0 Å². The van der Waals surface area contributed by atoms with Crippen LogP contribution in [0.3, 0.4) is 0 Å².